The van der Waals surface area contributed by atoms with Gasteiger partial charge in [0.2, 0.25) is 5.91 Å². The number of benzene rings is 2. The highest BCUT2D eigenvalue weighted by molar-refractivity contribution is 5.92. The highest BCUT2D eigenvalue weighted by Gasteiger charge is 2.06. The number of nitrogens with zero attached hydrogens (tertiary/aromatic N) is 1. The van der Waals surface area contributed by atoms with Crippen LogP contribution in [0.5, 0.6) is 5.75 Å². The van der Waals surface area contributed by atoms with Gasteiger partial charge in [0.1, 0.15) is 11.6 Å². The normalized spacial score (nSPS) is 10.3. The first-order valence-corrected chi connectivity index (χ1v) is 8.94. The lowest BCUT2D eigenvalue weighted by Crippen LogP contribution is -2.14. The fraction of sp³-hybridized carbons (Fsp3) is 0.182. The van der Waals surface area contributed by atoms with Gasteiger partial charge in [-0.15, -0.1) is 0 Å². The van der Waals surface area contributed by atoms with Crippen molar-refractivity contribution in [3.63, 3.8) is 0 Å². The SMILES string of the molecule is CCOc1ccccc1Nc1ccc(NC(=O)Cc2ccc(C)cc2)cn1. The first-order valence-electron chi connectivity index (χ1n) is 8.94. The Morgan fingerprint density at radius 1 is 1.04 bits per heavy atom. The second kappa shape index (κ2) is 8.85. The zero-order valence-corrected chi connectivity index (χ0v) is 15.5. The van der Waals surface area contributed by atoms with Crippen LogP contribution in [0.4, 0.5) is 17.2 Å². The van der Waals surface area contributed by atoms with Gasteiger partial charge in [-0.3, -0.25) is 4.79 Å². The molecule has 0 saturated carbocycles. The number of carbonyl (C=O) groups excluding carboxylic acids is 1. The Labute approximate surface area is 159 Å². The molecule has 0 radical (unpaired) electrons. The number of aryl methyl sites for hydroxylation is 1. The van der Waals surface area contributed by atoms with Crippen molar-refractivity contribution in [3.8, 4) is 5.75 Å². The van der Waals surface area contributed by atoms with Crippen LogP contribution in [0.3, 0.4) is 0 Å². The van der Waals surface area contributed by atoms with Gasteiger partial charge in [-0.05, 0) is 43.7 Å². The number of carbonyl (C=O) groups is 1. The predicted molar refractivity (Wildman–Crippen MR) is 109 cm³/mol. The third-order valence-electron chi connectivity index (χ3n) is 3.98. The Hall–Kier alpha value is -3.34. The smallest absolute Gasteiger partial charge is 0.228 e. The first-order chi connectivity index (χ1) is 13.1. The van der Waals surface area contributed by atoms with E-state index < -0.39 is 0 Å². The van der Waals surface area contributed by atoms with Gasteiger partial charge in [0.15, 0.2) is 0 Å². The maximum absolute atomic E-state index is 12.2. The summed E-state index contributed by atoms with van der Waals surface area (Å²) in [6, 6.07) is 19.3. The second-order valence-electron chi connectivity index (χ2n) is 6.20. The molecule has 5 heteroatoms. The standard InChI is InChI=1S/C22H23N3O2/c1-3-27-20-7-5-4-6-19(20)25-21-13-12-18(15-23-21)24-22(26)14-17-10-8-16(2)9-11-17/h4-13,15H,3,14H2,1-2H3,(H,23,25)(H,24,26). The van der Waals surface area contributed by atoms with Gasteiger partial charge in [0, 0.05) is 0 Å². The molecule has 2 N–H and O–H groups in total. The van der Waals surface area contributed by atoms with Gasteiger partial charge in [0.25, 0.3) is 0 Å². The molecule has 1 heterocycles. The van der Waals surface area contributed by atoms with E-state index in [0.29, 0.717) is 24.5 Å². The number of hydrogen-bond donors (Lipinski definition) is 2. The highest BCUT2D eigenvalue weighted by Crippen LogP contribution is 2.26. The largest absolute Gasteiger partial charge is 0.492 e. The van der Waals surface area contributed by atoms with E-state index in [1.807, 2.05) is 74.5 Å². The minimum atomic E-state index is -0.0666. The van der Waals surface area contributed by atoms with E-state index in [1.54, 1.807) is 6.20 Å². The maximum Gasteiger partial charge on any atom is 0.228 e. The monoisotopic (exact) mass is 361 g/mol. The molecule has 1 aromatic heterocycles. The summed E-state index contributed by atoms with van der Waals surface area (Å²) >= 11 is 0. The van der Waals surface area contributed by atoms with E-state index in [1.165, 1.54) is 5.56 Å². The number of ether oxygens (including phenoxy) is 1. The third-order valence-corrected chi connectivity index (χ3v) is 3.98. The second-order valence-corrected chi connectivity index (χ2v) is 6.20. The summed E-state index contributed by atoms with van der Waals surface area (Å²) in [6.45, 7) is 4.57. The lowest BCUT2D eigenvalue weighted by Gasteiger charge is -2.12. The topological polar surface area (TPSA) is 63.2 Å². The van der Waals surface area contributed by atoms with E-state index in [9.17, 15) is 4.79 Å². The molecule has 27 heavy (non-hydrogen) atoms. The molecular weight excluding hydrogens is 338 g/mol. The summed E-state index contributed by atoms with van der Waals surface area (Å²) in [5.74, 6) is 1.39. The Balaban J connectivity index is 1.60. The average Bonchev–Trinajstić information content (AvgIpc) is 2.67. The Kier molecular flexibility index (Phi) is 6.05. The van der Waals surface area contributed by atoms with E-state index >= 15 is 0 Å². The molecule has 0 atom stereocenters. The van der Waals surface area contributed by atoms with Gasteiger partial charge >= 0.3 is 0 Å². The number of hydrogen-bond acceptors (Lipinski definition) is 4. The van der Waals surface area contributed by atoms with Crippen LogP contribution in [0.15, 0.2) is 66.9 Å². The molecule has 138 valence electrons. The number of nitrogens with one attached hydrogen (secondary N) is 2. The van der Waals surface area contributed by atoms with Crippen LogP contribution < -0.4 is 15.4 Å². The van der Waals surface area contributed by atoms with Crippen molar-refractivity contribution in [1.82, 2.24) is 4.98 Å². The van der Waals surface area contributed by atoms with Crippen LogP contribution in [-0.2, 0) is 11.2 Å². The minimum Gasteiger partial charge on any atom is -0.492 e. The first kappa shape index (κ1) is 18.5. The van der Waals surface area contributed by atoms with E-state index in [2.05, 4.69) is 15.6 Å². The molecule has 0 fully saturated rings. The molecule has 0 spiro atoms. The van der Waals surface area contributed by atoms with Crippen molar-refractivity contribution in [2.45, 2.75) is 20.3 Å². The quantitative estimate of drug-likeness (QED) is 0.639. The molecule has 2 aromatic carbocycles. The molecular formula is C22H23N3O2. The van der Waals surface area contributed by atoms with Crippen molar-refractivity contribution in [1.29, 1.82) is 0 Å². The Morgan fingerprint density at radius 3 is 2.52 bits per heavy atom. The van der Waals surface area contributed by atoms with Crippen LogP contribution in [0.2, 0.25) is 0 Å². The van der Waals surface area contributed by atoms with Crippen molar-refractivity contribution in [3.05, 3.63) is 78.0 Å². The Bertz CT molecular complexity index is 890. The number of anilines is 3. The summed E-state index contributed by atoms with van der Waals surface area (Å²) in [4.78, 5) is 16.6. The molecule has 0 unspecified atom stereocenters. The summed E-state index contributed by atoms with van der Waals surface area (Å²) in [5.41, 5.74) is 3.67. The van der Waals surface area contributed by atoms with Gasteiger partial charge in [-0.25, -0.2) is 4.98 Å². The molecule has 0 aliphatic heterocycles. The molecule has 3 aromatic rings. The Morgan fingerprint density at radius 2 is 1.81 bits per heavy atom. The summed E-state index contributed by atoms with van der Waals surface area (Å²) in [6.07, 6.45) is 1.97. The number of rotatable bonds is 7. The number of amides is 1. The minimum absolute atomic E-state index is 0.0666. The fourth-order valence-electron chi connectivity index (χ4n) is 2.63. The summed E-state index contributed by atoms with van der Waals surface area (Å²) in [5, 5.41) is 6.11. The predicted octanol–water partition coefficient (Wildman–Crippen LogP) is 4.71. The third kappa shape index (κ3) is 5.31. The average molecular weight is 361 g/mol. The number of pyridine rings is 1. The zero-order valence-electron chi connectivity index (χ0n) is 15.5. The fourth-order valence-corrected chi connectivity index (χ4v) is 2.63. The summed E-state index contributed by atoms with van der Waals surface area (Å²) in [7, 11) is 0. The molecule has 1 amide bonds. The van der Waals surface area contributed by atoms with Crippen molar-refractivity contribution in [2.24, 2.45) is 0 Å². The van der Waals surface area contributed by atoms with Crippen LogP contribution in [-0.4, -0.2) is 17.5 Å². The molecule has 3 rings (SSSR count). The molecule has 0 bridgehead atoms. The summed E-state index contributed by atoms with van der Waals surface area (Å²) < 4.78 is 5.60. The van der Waals surface area contributed by atoms with E-state index in [-0.39, 0.29) is 5.91 Å². The van der Waals surface area contributed by atoms with Gasteiger partial charge < -0.3 is 15.4 Å². The molecule has 0 aliphatic rings. The lowest BCUT2D eigenvalue weighted by atomic mass is 10.1. The number of para-hydroxylation sites is 2. The van der Waals surface area contributed by atoms with Crippen molar-refractivity contribution >= 4 is 23.1 Å². The van der Waals surface area contributed by atoms with Gasteiger partial charge in [-0.1, -0.05) is 42.0 Å². The van der Waals surface area contributed by atoms with E-state index in [0.717, 1.165) is 17.0 Å². The molecule has 5 nitrogen and oxygen atoms in total. The number of aromatic nitrogens is 1. The molecule has 0 saturated heterocycles. The van der Waals surface area contributed by atoms with E-state index in [4.69, 9.17) is 4.74 Å². The van der Waals surface area contributed by atoms with Crippen LogP contribution in [0, 0.1) is 6.92 Å². The highest BCUT2D eigenvalue weighted by atomic mass is 16.5. The lowest BCUT2D eigenvalue weighted by molar-refractivity contribution is -0.115. The van der Waals surface area contributed by atoms with Crippen LogP contribution in [0.25, 0.3) is 0 Å². The van der Waals surface area contributed by atoms with Gasteiger partial charge in [-0.2, -0.15) is 0 Å². The maximum atomic E-state index is 12.2. The van der Waals surface area contributed by atoms with Crippen LogP contribution >= 0.6 is 0 Å². The van der Waals surface area contributed by atoms with Crippen molar-refractivity contribution < 1.29 is 9.53 Å². The van der Waals surface area contributed by atoms with Crippen molar-refractivity contribution in [2.75, 3.05) is 17.2 Å². The zero-order chi connectivity index (χ0) is 19.1. The molecule has 0 aliphatic carbocycles. The van der Waals surface area contributed by atoms with Crippen LogP contribution in [0.1, 0.15) is 18.1 Å². The van der Waals surface area contributed by atoms with Gasteiger partial charge in [0.05, 0.1) is 30.6 Å².